The molecule has 0 radical (unpaired) electrons. The van der Waals surface area contributed by atoms with Crippen LogP contribution in [0.25, 0.3) is 10.9 Å². The molecule has 2 heterocycles. The summed E-state index contributed by atoms with van der Waals surface area (Å²) in [5.74, 6) is 1.53. The van der Waals surface area contributed by atoms with Crippen molar-refractivity contribution in [2.24, 2.45) is 0 Å². The molecule has 1 aliphatic carbocycles. The quantitative estimate of drug-likeness (QED) is 0.546. The number of hydrogen-bond acceptors (Lipinski definition) is 6. The van der Waals surface area contributed by atoms with Crippen molar-refractivity contribution in [2.45, 2.75) is 57.4 Å². The second-order valence-electron chi connectivity index (χ2n) is 8.79. The summed E-state index contributed by atoms with van der Waals surface area (Å²) in [4.78, 5) is 15.1. The smallest absolute Gasteiger partial charge is 0.362 e. The van der Waals surface area contributed by atoms with E-state index in [4.69, 9.17) is 4.98 Å². The second-order valence-corrected chi connectivity index (χ2v) is 8.79. The van der Waals surface area contributed by atoms with Gasteiger partial charge in [-0.25, -0.2) is 9.97 Å². The molecule has 1 fully saturated rings. The van der Waals surface area contributed by atoms with Crippen LogP contribution in [0.5, 0.6) is 0 Å². The highest BCUT2D eigenvalue weighted by molar-refractivity contribution is 5.90. The zero-order chi connectivity index (χ0) is 23.6. The summed E-state index contributed by atoms with van der Waals surface area (Å²) in [5, 5.41) is 8.00. The lowest BCUT2D eigenvalue weighted by molar-refractivity contribution is -0.141. The number of aryl methyl sites for hydroxylation is 1. The molecule has 1 aliphatic rings. The van der Waals surface area contributed by atoms with E-state index in [0.29, 0.717) is 24.2 Å². The summed E-state index contributed by atoms with van der Waals surface area (Å²) in [6.45, 7) is 2.14. The van der Waals surface area contributed by atoms with Crippen LogP contribution in [-0.4, -0.2) is 41.1 Å². The van der Waals surface area contributed by atoms with E-state index in [1.165, 1.54) is 6.07 Å². The van der Waals surface area contributed by atoms with Crippen molar-refractivity contribution >= 4 is 22.7 Å². The maximum Gasteiger partial charge on any atom is 0.433 e. The first-order chi connectivity index (χ1) is 15.7. The van der Waals surface area contributed by atoms with E-state index in [0.717, 1.165) is 54.0 Å². The number of aromatic nitrogens is 3. The Kier molecular flexibility index (Phi) is 6.69. The number of alkyl halides is 3. The fraction of sp³-hybridized carbons (Fsp3) is 0.458. The van der Waals surface area contributed by atoms with Gasteiger partial charge in [0.15, 0.2) is 0 Å². The highest BCUT2D eigenvalue weighted by Gasteiger charge is 2.32. The third-order valence-corrected chi connectivity index (χ3v) is 6.13. The van der Waals surface area contributed by atoms with Crippen molar-refractivity contribution < 1.29 is 13.2 Å². The Morgan fingerprint density at radius 3 is 2.30 bits per heavy atom. The predicted molar refractivity (Wildman–Crippen MR) is 124 cm³/mol. The van der Waals surface area contributed by atoms with Crippen LogP contribution >= 0.6 is 0 Å². The number of nitrogens with one attached hydrogen (secondary N) is 2. The van der Waals surface area contributed by atoms with Crippen LogP contribution in [0.2, 0.25) is 0 Å². The summed E-state index contributed by atoms with van der Waals surface area (Å²) >= 11 is 0. The zero-order valence-electron chi connectivity index (χ0n) is 19.1. The van der Waals surface area contributed by atoms with E-state index in [1.54, 1.807) is 6.92 Å². The van der Waals surface area contributed by atoms with Crippen molar-refractivity contribution in [1.29, 1.82) is 0 Å². The third-order valence-electron chi connectivity index (χ3n) is 6.13. The molecule has 4 rings (SSSR count). The molecule has 0 unspecified atom stereocenters. The molecular weight excluding hydrogens is 429 g/mol. The molecule has 0 aliphatic heterocycles. The number of pyridine rings is 1. The van der Waals surface area contributed by atoms with Crippen LogP contribution in [0.4, 0.5) is 24.9 Å². The Labute approximate surface area is 191 Å². The first kappa shape index (κ1) is 23.2. The zero-order valence-corrected chi connectivity index (χ0v) is 19.1. The van der Waals surface area contributed by atoms with Gasteiger partial charge in [0.2, 0.25) is 5.95 Å². The van der Waals surface area contributed by atoms with Crippen molar-refractivity contribution in [3.8, 4) is 0 Å². The largest absolute Gasteiger partial charge is 0.433 e. The van der Waals surface area contributed by atoms with Crippen molar-refractivity contribution in [1.82, 2.24) is 20.3 Å². The van der Waals surface area contributed by atoms with Crippen LogP contribution in [0.3, 0.4) is 0 Å². The molecule has 0 amide bonds. The molecule has 2 N–H and O–H groups in total. The summed E-state index contributed by atoms with van der Waals surface area (Å²) in [6, 6.07) is 11.2. The van der Waals surface area contributed by atoms with E-state index in [1.807, 2.05) is 43.3 Å². The van der Waals surface area contributed by atoms with Crippen molar-refractivity contribution in [3.63, 3.8) is 0 Å². The predicted octanol–water partition coefficient (Wildman–Crippen LogP) is 4.93. The van der Waals surface area contributed by atoms with Crippen LogP contribution in [0.1, 0.15) is 42.6 Å². The Bertz CT molecular complexity index is 1110. The van der Waals surface area contributed by atoms with Gasteiger partial charge in [-0.3, -0.25) is 0 Å². The van der Waals surface area contributed by atoms with E-state index >= 15 is 0 Å². The van der Waals surface area contributed by atoms with Crippen molar-refractivity contribution in [3.05, 3.63) is 53.3 Å². The Balaban J connectivity index is 1.33. The lowest BCUT2D eigenvalue weighted by atomic mass is 9.91. The molecule has 1 aromatic carbocycles. The van der Waals surface area contributed by atoms with Gasteiger partial charge in [0.1, 0.15) is 11.5 Å². The lowest BCUT2D eigenvalue weighted by Crippen LogP contribution is -2.37. The minimum Gasteiger partial charge on any atom is -0.362 e. The number of benzene rings is 1. The number of nitrogens with zero attached hydrogens (tertiary/aromatic N) is 4. The van der Waals surface area contributed by atoms with E-state index in [2.05, 4.69) is 20.6 Å². The fourth-order valence-corrected chi connectivity index (χ4v) is 4.28. The molecule has 2 aromatic heterocycles. The van der Waals surface area contributed by atoms with Crippen LogP contribution in [-0.2, 0) is 12.7 Å². The summed E-state index contributed by atoms with van der Waals surface area (Å²) in [6.07, 6.45) is -0.535. The Morgan fingerprint density at radius 1 is 0.939 bits per heavy atom. The number of hydrogen-bond donors (Lipinski definition) is 2. The van der Waals surface area contributed by atoms with Gasteiger partial charge in [0, 0.05) is 43.8 Å². The van der Waals surface area contributed by atoms with Crippen LogP contribution in [0, 0.1) is 6.92 Å². The third kappa shape index (κ3) is 5.52. The highest BCUT2D eigenvalue weighted by Crippen LogP contribution is 2.29. The second kappa shape index (κ2) is 9.51. The topological polar surface area (TPSA) is 66.0 Å². The molecule has 0 atom stereocenters. The van der Waals surface area contributed by atoms with E-state index in [-0.39, 0.29) is 6.04 Å². The maximum absolute atomic E-state index is 12.8. The molecule has 6 nitrogen and oxygen atoms in total. The van der Waals surface area contributed by atoms with Gasteiger partial charge in [-0.1, -0.05) is 18.2 Å². The Morgan fingerprint density at radius 2 is 1.64 bits per heavy atom. The number of para-hydroxylation sites is 1. The Hall–Kier alpha value is -2.94. The fourth-order valence-electron chi connectivity index (χ4n) is 4.28. The van der Waals surface area contributed by atoms with Gasteiger partial charge in [0.05, 0.1) is 5.52 Å². The molecule has 0 saturated heterocycles. The minimum atomic E-state index is -4.41. The molecule has 176 valence electrons. The van der Waals surface area contributed by atoms with Gasteiger partial charge >= 0.3 is 6.18 Å². The monoisotopic (exact) mass is 458 g/mol. The highest BCUT2D eigenvalue weighted by atomic mass is 19.4. The first-order valence-corrected chi connectivity index (χ1v) is 11.2. The number of halogens is 3. The van der Waals surface area contributed by atoms with E-state index < -0.39 is 11.9 Å². The van der Waals surface area contributed by atoms with Crippen molar-refractivity contribution in [2.75, 3.05) is 24.3 Å². The minimum absolute atomic E-state index is 0.286. The molecule has 9 heteroatoms. The molecule has 33 heavy (non-hydrogen) atoms. The van der Waals surface area contributed by atoms with Gasteiger partial charge in [-0.05, 0) is 56.4 Å². The van der Waals surface area contributed by atoms with Gasteiger partial charge in [0.25, 0.3) is 0 Å². The first-order valence-electron chi connectivity index (χ1n) is 11.2. The van der Waals surface area contributed by atoms with Gasteiger partial charge < -0.3 is 15.5 Å². The van der Waals surface area contributed by atoms with Gasteiger partial charge in [-0.15, -0.1) is 0 Å². The number of anilines is 2. The molecule has 0 spiro atoms. The summed E-state index contributed by atoms with van der Waals surface area (Å²) in [7, 11) is 3.95. The van der Waals surface area contributed by atoms with Gasteiger partial charge in [-0.2, -0.15) is 18.2 Å². The average Bonchev–Trinajstić information content (AvgIpc) is 2.78. The summed E-state index contributed by atoms with van der Waals surface area (Å²) < 4.78 is 38.4. The standard InChI is InChI=1S/C24H29F3N6/c1-15-16(8-13-21(29-15)24(25,26)27)14-28-17-9-11-18(12-10-17)30-23-31-20-7-5-4-6-19(20)22(32-23)33(2)3/h4-8,13,17-18,28H,9-12,14H2,1-3H3,(H,30,31,32)/t17-,18+. The van der Waals surface area contributed by atoms with Crippen LogP contribution < -0.4 is 15.5 Å². The summed E-state index contributed by atoms with van der Waals surface area (Å²) in [5.41, 5.74) is 1.28. The normalized spacial score (nSPS) is 19.0. The molecule has 3 aromatic rings. The number of rotatable bonds is 6. The number of fused-ring (bicyclic) bond motifs is 1. The molecule has 1 saturated carbocycles. The SMILES string of the molecule is Cc1nc(C(F)(F)F)ccc1CN[C@H]1CC[C@@H](Nc2nc(N(C)C)c3ccccc3n2)CC1. The maximum atomic E-state index is 12.8. The lowest BCUT2D eigenvalue weighted by Gasteiger charge is -2.30. The molecular formula is C24H29F3N6. The van der Waals surface area contributed by atoms with E-state index in [9.17, 15) is 13.2 Å². The molecule has 0 bridgehead atoms. The average molecular weight is 459 g/mol. The van der Waals surface area contributed by atoms with Crippen LogP contribution in [0.15, 0.2) is 36.4 Å².